The number of aromatic hydroxyl groups is 1. The molecule has 0 saturated heterocycles. The number of ether oxygens (including phenoxy) is 1. The van der Waals surface area contributed by atoms with Gasteiger partial charge in [0.1, 0.15) is 11.4 Å². The smallest absolute Gasteiger partial charge is 0.416 e. The lowest BCUT2D eigenvalue weighted by Gasteiger charge is -2.31. The maximum Gasteiger partial charge on any atom is 0.416 e. The van der Waals surface area contributed by atoms with E-state index >= 15 is 0 Å². The van der Waals surface area contributed by atoms with Crippen molar-refractivity contribution in [3.8, 4) is 5.75 Å². The van der Waals surface area contributed by atoms with Crippen LogP contribution in [0.3, 0.4) is 0 Å². The molecule has 1 aliphatic heterocycles. The quantitative estimate of drug-likeness (QED) is 0.793. The highest BCUT2D eigenvalue weighted by molar-refractivity contribution is 5.69. The van der Waals surface area contributed by atoms with Crippen molar-refractivity contribution in [3.63, 3.8) is 0 Å². The fraction of sp³-hybridized carbons (Fsp3) is 0.533. The van der Waals surface area contributed by atoms with Crippen LogP contribution in [0.5, 0.6) is 5.75 Å². The van der Waals surface area contributed by atoms with E-state index in [1.54, 1.807) is 20.8 Å². The molecule has 1 aliphatic rings. The number of hydrogen-bond donors (Lipinski definition) is 1. The zero-order chi connectivity index (χ0) is 16.7. The molecule has 0 saturated carbocycles. The van der Waals surface area contributed by atoms with Crippen LogP contribution in [-0.4, -0.2) is 28.2 Å². The molecular formula is C15H18F3NO3. The van der Waals surface area contributed by atoms with E-state index in [1.165, 1.54) is 4.90 Å². The number of fused-ring (bicyclic) bond motifs is 1. The third-order valence-corrected chi connectivity index (χ3v) is 3.30. The number of hydrogen-bond acceptors (Lipinski definition) is 3. The molecular weight excluding hydrogens is 299 g/mol. The van der Waals surface area contributed by atoms with Gasteiger partial charge in [0.25, 0.3) is 0 Å². The Hall–Kier alpha value is -1.92. The SMILES string of the molecule is CC(C)(C)OC(=O)N1CCc2cc(C(F)(F)F)cc(O)c2C1. The average molecular weight is 317 g/mol. The van der Waals surface area contributed by atoms with Gasteiger partial charge in [0.05, 0.1) is 12.1 Å². The number of carbonyl (C=O) groups is 1. The fourth-order valence-corrected chi connectivity index (χ4v) is 2.29. The molecule has 1 amide bonds. The Balaban J connectivity index is 2.23. The van der Waals surface area contributed by atoms with Crippen molar-refractivity contribution in [2.45, 2.75) is 45.5 Å². The van der Waals surface area contributed by atoms with Crippen LogP contribution < -0.4 is 0 Å². The van der Waals surface area contributed by atoms with Crippen molar-refractivity contribution in [2.75, 3.05) is 6.54 Å². The van der Waals surface area contributed by atoms with E-state index < -0.39 is 29.2 Å². The highest BCUT2D eigenvalue weighted by Gasteiger charge is 2.34. The number of alkyl halides is 3. The van der Waals surface area contributed by atoms with Crippen LogP contribution in [0.4, 0.5) is 18.0 Å². The normalized spacial score (nSPS) is 15.5. The Morgan fingerprint density at radius 1 is 1.27 bits per heavy atom. The van der Waals surface area contributed by atoms with E-state index in [1.807, 2.05) is 0 Å². The van der Waals surface area contributed by atoms with Gasteiger partial charge in [-0.2, -0.15) is 13.2 Å². The molecule has 1 heterocycles. The highest BCUT2D eigenvalue weighted by Crippen LogP contribution is 2.36. The van der Waals surface area contributed by atoms with Crippen LogP contribution in [0, 0.1) is 0 Å². The first-order valence-corrected chi connectivity index (χ1v) is 6.87. The first kappa shape index (κ1) is 16.5. The predicted molar refractivity (Wildman–Crippen MR) is 73.5 cm³/mol. The molecule has 0 aliphatic carbocycles. The third-order valence-electron chi connectivity index (χ3n) is 3.30. The Labute approximate surface area is 126 Å². The number of nitrogens with zero attached hydrogens (tertiary/aromatic N) is 1. The molecule has 0 fully saturated rings. The molecule has 0 bridgehead atoms. The molecule has 122 valence electrons. The molecule has 7 heteroatoms. The van der Waals surface area contributed by atoms with Gasteiger partial charge in [-0.05, 0) is 44.9 Å². The number of phenolic OH excluding ortho intramolecular Hbond substituents is 1. The Kier molecular flexibility index (Phi) is 4.02. The van der Waals surface area contributed by atoms with Crippen LogP contribution in [0.1, 0.15) is 37.5 Å². The van der Waals surface area contributed by atoms with Gasteiger partial charge in [-0.25, -0.2) is 4.79 Å². The van der Waals surface area contributed by atoms with E-state index in [-0.39, 0.29) is 19.5 Å². The fourth-order valence-electron chi connectivity index (χ4n) is 2.29. The molecule has 0 atom stereocenters. The van der Waals surface area contributed by atoms with Crippen LogP contribution in [0.15, 0.2) is 12.1 Å². The summed E-state index contributed by atoms with van der Waals surface area (Å²) >= 11 is 0. The summed E-state index contributed by atoms with van der Waals surface area (Å²) < 4.78 is 43.4. The molecule has 0 aromatic heterocycles. The highest BCUT2D eigenvalue weighted by atomic mass is 19.4. The monoisotopic (exact) mass is 317 g/mol. The van der Waals surface area contributed by atoms with Crippen molar-refractivity contribution in [1.82, 2.24) is 4.90 Å². The van der Waals surface area contributed by atoms with Crippen LogP contribution in [-0.2, 0) is 23.9 Å². The van der Waals surface area contributed by atoms with Crippen molar-refractivity contribution >= 4 is 6.09 Å². The number of halogens is 3. The second-order valence-electron chi connectivity index (χ2n) is 6.28. The maximum absolute atomic E-state index is 12.7. The molecule has 0 spiro atoms. The first-order chi connectivity index (χ1) is 9.97. The van der Waals surface area contributed by atoms with E-state index in [2.05, 4.69) is 0 Å². The number of phenols is 1. The van der Waals surface area contributed by atoms with Gasteiger partial charge < -0.3 is 14.7 Å². The number of benzene rings is 1. The van der Waals surface area contributed by atoms with Crippen molar-refractivity contribution in [2.24, 2.45) is 0 Å². The summed E-state index contributed by atoms with van der Waals surface area (Å²) in [6.07, 6.45) is -4.81. The molecule has 0 unspecified atom stereocenters. The average Bonchev–Trinajstić information content (AvgIpc) is 2.35. The van der Waals surface area contributed by atoms with Gasteiger partial charge in [0.15, 0.2) is 0 Å². The molecule has 2 rings (SSSR count). The van der Waals surface area contributed by atoms with E-state index in [0.29, 0.717) is 17.2 Å². The van der Waals surface area contributed by atoms with Crippen LogP contribution in [0.2, 0.25) is 0 Å². The van der Waals surface area contributed by atoms with E-state index in [4.69, 9.17) is 4.74 Å². The zero-order valence-corrected chi connectivity index (χ0v) is 12.6. The number of carbonyl (C=O) groups excluding carboxylic acids is 1. The zero-order valence-electron chi connectivity index (χ0n) is 12.6. The summed E-state index contributed by atoms with van der Waals surface area (Å²) in [5, 5.41) is 9.85. The van der Waals surface area contributed by atoms with Gasteiger partial charge >= 0.3 is 12.3 Å². The standard InChI is InChI=1S/C15H18F3NO3/c1-14(2,3)22-13(21)19-5-4-9-6-10(15(16,17)18)7-12(20)11(9)8-19/h6-7,20H,4-5,8H2,1-3H3. The topological polar surface area (TPSA) is 49.8 Å². The summed E-state index contributed by atoms with van der Waals surface area (Å²) in [6.45, 7) is 5.48. The largest absolute Gasteiger partial charge is 0.508 e. The van der Waals surface area contributed by atoms with Crippen LogP contribution in [0.25, 0.3) is 0 Å². The van der Waals surface area contributed by atoms with Crippen LogP contribution >= 0.6 is 0 Å². The Morgan fingerprint density at radius 2 is 1.91 bits per heavy atom. The third kappa shape index (κ3) is 3.64. The van der Waals surface area contributed by atoms with E-state index in [0.717, 1.165) is 6.07 Å². The van der Waals surface area contributed by atoms with Crippen molar-refractivity contribution < 1.29 is 27.8 Å². The predicted octanol–water partition coefficient (Wildman–Crippen LogP) is 3.70. The van der Waals surface area contributed by atoms with E-state index in [9.17, 15) is 23.1 Å². The molecule has 1 aromatic rings. The number of rotatable bonds is 0. The lowest BCUT2D eigenvalue weighted by molar-refractivity contribution is -0.137. The van der Waals surface area contributed by atoms with Gasteiger partial charge in [0, 0.05) is 12.1 Å². The molecule has 1 N–H and O–H groups in total. The lowest BCUT2D eigenvalue weighted by atomic mass is 9.96. The van der Waals surface area contributed by atoms with Gasteiger partial charge in [-0.1, -0.05) is 0 Å². The minimum Gasteiger partial charge on any atom is -0.508 e. The molecule has 22 heavy (non-hydrogen) atoms. The minimum absolute atomic E-state index is 0.0359. The van der Waals surface area contributed by atoms with Gasteiger partial charge in [0.2, 0.25) is 0 Å². The second kappa shape index (κ2) is 5.37. The first-order valence-electron chi connectivity index (χ1n) is 6.87. The summed E-state index contributed by atoms with van der Waals surface area (Å²) in [7, 11) is 0. The molecule has 0 radical (unpaired) electrons. The Bertz CT molecular complexity index is 591. The van der Waals surface area contributed by atoms with Crippen molar-refractivity contribution in [3.05, 3.63) is 28.8 Å². The summed E-state index contributed by atoms with van der Waals surface area (Å²) in [5.41, 5.74) is -0.786. The lowest BCUT2D eigenvalue weighted by Crippen LogP contribution is -2.40. The maximum atomic E-state index is 12.7. The number of amides is 1. The molecule has 1 aromatic carbocycles. The minimum atomic E-state index is -4.51. The summed E-state index contributed by atoms with van der Waals surface area (Å²) in [4.78, 5) is 13.4. The van der Waals surface area contributed by atoms with Crippen molar-refractivity contribution in [1.29, 1.82) is 0 Å². The van der Waals surface area contributed by atoms with Gasteiger partial charge in [-0.15, -0.1) is 0 Å². The second-order valence-corrected chi connectivity index (χ2v) is 6.28. The summed E-state index contributed by atoms with van der Waals surface area (Å²) in [6, 6.07) is 1.72. The molecule has 4 nitrogen and oxygen atoms in total. The summed E-state index contributed by atoms with van der Waals surface area (Å²) in [5.74, 6) is -0.446. The Morgan fingerprint density at radius 3 is 2.45 bits per heavy atom. The van der Waals surface area contributed by atoms with Gasteiger partial charge in [-0.3, -0.25) is 0 Å².